The number of para-hydroxylation sites is 1. The van der Waals surface area contributed by atoms with Gasteiger partial charge in [0.25, 0.3) is 0 Å². The van der Waals surface area contributed by atoms with E-state index in [2.05, 4.69) is 15.4 Å². The topological polar surface area (TPSA) is 78.7 Å². The maximum absolute atomic E-state index is 13.7. The van der Waals surface area contributed by atoms with Gasteiger partial charge in [0.15, 0.2) is 0 Å². The lowest BCUT2D eigenvalue weighted by Crippen LogP contribution is -2.54. The summed E-state index contributed by atoms with van der Waals surface area (Å²) in [4.78, 5) is 31.1. The van der Waals surface area contributed by atoms with Crippen molar-refractivity contribution in [1.82, 2.24) is 15.0 Å². The largest absolute Gasteiger partial charge is 0.361 e. The van der Waals surface area contributed by atoms with Crippen LogP contribution in [0.5, 0.6) is 0 Å². The second kappa shape index (κ2) is 6.42. The summed E-state index contributed by atoms with van der Waals surface area (Å²) in [7, 11) is 1.81. The Balaban J connectivity index is 1.54. The Labute approximate surface area is 170 Å². The Morgan fingerprint density at radius 2 is 2.17 bits per heavy atom. The minimum atomic E-state index is -0.901. The van der Waals surface area contributed by atoms with Gasteiger partial charge >= 0.3 is 0 Å². The van der Waals surface area contributed by atoms with Gasteiger partial charge in [-0.05, 0) is 45.7 Å². The maximum Gasteiger partial charge on any atom is 0.250 e. The van der Waals surface area contributed by atoms with Crippen molar-refractivity contribution in [3.8, 4) is 0 Å². The summed E-state index contributed by atoms with van der Waals surface area (Å²) in [5.41, 5.74) is 2.61. The first kappa shape index (κ1) is 18.4. The Hall–Kier alpha value is -2.67. The van der Waals surface area contributed by atoms with Gasteiger partial charge in [0, 0.05) is 29.9 Å². The molecule has 1 aromatic carbocycles. The predicted molar refractivity (Wildman–Crippen MR) is 107 cm³/mol. The molecule has 7 heteroatoms. The number of benzene rings is 1. The van der Waals surface area contributed by atoms with E-state index in [1.807, 2.05) is 45.2 Å². The number of anilines is 1. The minimum absolute atomic E-state index is 0.00579. The van der Waals surface area contributed by atoms with Crippen molar-refractivity contribution in [2.24, 2.45) is 5.92 Å². The van der Waals surface area contributed by atoms with Crippen LogP contribution in [0, 0.1) is 19.8 Å². The number of hydrogen-bond acceptors (Lipinski definition) is 5. The Morgan fingerprint density at radius 1 is 1.38 bits per heavy atom. The van der Waals surface area contributed by atoms with Crippen molar-refractivity contribution in [2.75, 3.05) is 18.9 Å². The number of aryl methyl sites for hydroxylation is 2. The lowest BCUT2D eigenvalue weighted by atomic mass is 9.78. The van der Waals surface area contributed by atoms with Gasteiger partial charge in [-0.1, -0.05) is 23.4 Å². The van der Waals surface area contributed by atoms with Gasteiger partial charge in [-0.3, -0.25) is 14.5 Å². The number of nitrogens with zero attached hydrogens (tertiary/aromatic N) is 3. The Kier molecular flexibility index (Phi) is 4.07. The van der Waals surface area contributed by atoms with Crippen LogP contribution in [-0.2, 0) is 21.7 Å². The molecule has 2 fully saturated rings. The van der Waals surface area contributed by atoms with Gasteiger partial charge in [-0.25, -0.2) is 0 Å². The van der Waals surface area contributed by atoms with E-state index in [0.29, 0.717) is 13.0 Å². The highest BCUT2D eigenvalue weighted by atomic mass is 16.5. The molecule has 0 unspecified atom stereocenters. The van der Waals surface area contributed by atoms with Gasteiger partial charge in [0.2, 0.25) is 11.8 Å². The van der Waals surface area contributed by atoms with Crippen LogP contribution in [0.1, 0.15) is 41.8 Å². The number of aromatic nitrogens is 1. The summed E-state index contributed by atoms with van der Waals surface area (Å²) in [6.45, 7) is 5.03. The lowest BCUT2D eigenvalue weighted by Gasteiger charge is -2.37. The molecule has 3 atom stereocenters. The number of rotatable bonds is 3. The number of fused-ring (bicyclic) bond motifs is 4. The molecule has 0 bridgehead atoms. The number of carbonyl (C=O) groups is 2. The van der Waals surface area contributed by atoms with Gasteiger partial charge < -0.3 is 14.7 Å². The van der Waals surface area contributed by atoms with Crippen LogP contribution < -0.4 is 5.32 Å². The molecule has 2 aromatic rings. The van der Waals surface area contributed by atoms with E-state index >= 15 is 0 Å². The average Bonchev–Trinajstić information content (AvgIpc) is 3.43. The Bertz CT molecular complexity index is 980. The zero-order chi connectivity index (χ0) is 20.3. The molecule has 1 N–H and O–H groups in total. The first-order valence-electron chi connectivity index (χ1n) is 10.3. The fourth-order valence-corrected chi connectivity index (χ4v) is 5.67. The minimum Gasteiger partial charge on any atom is -0.361 e. The molecule has 0 radical (unpaired) electrons. The summed E-state index contributed by atoms with van der Waals surface area (Å²) >= 11 is 0. The number of carbonyl (C=O) groups excluding carboxylic acids is 2. The SMILES string of the molecule is Cc1noc(C)c1CN(C)C(=O)[C@@H]1C[C@H]2CCCN2[C@]12C(=O)Nc1ccccc12. The number of nitrogens with one attached hydrogen (secondary N) is 1. The van der Waals surface area contributed by atoms with Crippen LogP contribution in [0.25, 0.3) is 0 Å². The van der Waals surface area contributed by atoms with Crippen LogP contribution in [0.4, 0.5) is 5.69 Å². The van der Waals surface area contributed by atoms with Gasteiger partial charge in [-0.2, -0.15) is 0 Å². The number of amides is 2. The van der Waals surface area contributed by atoms with E-state index in [1.54, 1.807) is 4.90 Å². The predicted octanol–water partition coefficient (Wildman–Crippen LogP) is 2.58. The highest BCUT2D eigenvalue weighted by molar-refractivity contribution is 6.09. The van der Waals surface area contributed by atoms with Crippen LogP contribution in [0.15, 0.2) is 28.8 Å². The van der Waals surface area contributed by atoms with E-state index in [1.165, 1.54) is 0 Å². The number of hydrogen-bond donors (Lipinski definition) is 1. The standard InChI is InChI=1S/C22H26N4O3/c1-13-16(14(2)29-24-13)12-25(3)20(27)18-11-15-7-6-10-26(15)22(18)17-8-4-5-9-19(17)23-21(22)28/h4-5,8-9,15,18H,6-7,10-12H2,1-3H3,(H,23,28)/t15-,18+,22+/m1/s1. The maximum atomic E-state index is 13.7. The van der Waals surface area contributed by atoms with Gasteiger partial charge in [-0.15, -0.1) is 0 Å². The average molecular weight is 394 g/mol. The van der Waals surface area contributed by atoms with E-state index in [-0.39, 0.29) is 17.9 Å². The van der Waals surface area contributed by atoms with Crippen molar-refractivity contribution in [3.63, 3.8) is 0 Å². The first-order valence-corrected chi connectivity index (χ1v) is 10.3. The van der Waals surface area contributed by atoms with Crippen LogP contribution in [0.2, 0.25) is 0 Å². The molecule has 7 nitrogen and oxygen atoms in total. The van der Waals surface area contributed by atoms with Gasteiger partial charge in [0.05, 0.1) is 18.2 Å². The second-order valence-corrected chi connectivity index (χ2v) is 8.54. The Morgan fingerprint density at radius 3 is 2.93 bits per heavy atom. The van der Waals surface area contributed by atoms with Crippen LogP contribution >= 0.6 is 0 Å². The summed E-state index contributed by atoms with van der Waals surface area (Å²) in [5.74, 6) is 0.272. The third-order valence-corrected chi connectivity index (χ3v) is 7.03. The van der Waals surface area contributed by atoms with E-state index in [4.69, 9.17) is 4.52 Å². The lowest BCUT2D eigenvalue weighted by molar-refractivity contribution is -0.143. The van der Waals surface area contributed by atoms with Crippen molar-refractivity contribution >= 4 is 17.5 Å². The molecule has 0 aliphatic carbocycles. The highest BCUT2D eigenvalue weighted by Gasteiger charge is 2.65. The van der Waals surface area contributed by atoms with E-state index in [9.17, 15) is 9.59 Å². The fraction of sp³-hybridized carbons (Fsp3) is 0.500. The van der Waals surface area contributed by atoms with E-state index < -0.39 is 11.5 Å². The highest BCUT2D eigenvalue weighted by Crippen LogP contribution is 2.55. The first-order chi connectivity index (χ1) is 13.9. The quantitative estimate of drug-likeness (QED) is 0.866. The summed E-state index contributed by atoms with van der Waals surface area (Å²) in [6, 6.07) is 8.09. The van der Waals surface area contributed by atoms with Crippen LogP contribution in [0.3, 0.4) is 0 Å². The molecule has 5 rings (SSSR count). The fourth-order valence-electron chi connectivity index (χ4n) is 5.67. The second-order valence-electron chi connectivity index (χ2n) is 8.54. The smallest absolute Gasteiger partial charge is 0.250 e. The molecule has 29 heavy (non-hydrogen) atoms. The molecular formula is C22H26N4O3. The molecular weight excluding hydrogens is 368 g/mol. The molecule has 4 heterocycles. The van der Waals surface area contributed by atoms with E-state index in [0.717, 1.165) is 47.7 Å². The van der Waals surface area contributed by atoms with Crippen molar-refractivity contribution < 1.29 is 14.1 Å². The third-order valence-electron chi connectivity index (χ3n) is 7.03. The molecule has 1 aromatic heterocycles. The molecule has 152 valence electrons. The van der Waals surface area contributed by atoms with Gasteiger partial charge in [0.1, 0.15) is 11.3 Å². The zero-order valence-electron chi connectivity index (χ0n) is 17.1. The third kappa shape index (κ3) is 2.43. The zero-order valence-corrected chi connectivity index (χ0v) is 17.1. The van der Waals surface area contributed by atoms with Crippen molar-refractivity contribution in [2.45, 2.75) is 51.2 Å². The summed E-state index contributed by atoms with van der Waals surface area (Å²) < 4.78 is 5.26. The molecule has 3 aliphatic heterocycles. The van der Waals surface area contributed by atoms with Crippen molar-refractivity contribution in [3.05, 3.63) is 46.8 Å². The van der Waals surface area contributed by atoms with Crippen LogP contribution in [-0.4, -0.2) is 46.4 Å². The normalized spacial score (nSPS) is 27.9. The summed E-state index contributed by atoms with van der Waals surface area (Å²) in [6.07, 6.45) is 2.82. The molecule has 2 amide bonds. The molecule has 3 aliphatic rings. The summed E-state index contributed by atoms with van der Waals surface area (Å²) in [5, 5.41) is 7.05. The monoisotopic (exact) mass is 394 g/mol. The molecule has 2 saturated heterocycles. The van der Waals surface area contributed by atoms with Crippen molar-refractivity contribution in [1.29, 1.82) is 0 Å². The molecule has 0 saturated carbocycles. The molecule has 1 spiro atoms.